The summed E-state index contributed by atoms with van der Waals surface area (Å²) in [5.74, 6) is -0.961. The molecule has 1 atom stereocenters. The molecule has 122 valence electrons. The molecule has 24 heavy (non-hydrogen) atoms. The van der Waals surface area contributed by atoms with E-state index in [4.69, 9.17) is 10.5 Å². The number of para-hydroxylation sites is 1. The van der Waals surface area contributed by atoms with Crippen LogP contribution in [0.25, 0.3) is 10.2 Å². The first-order chi connectivity index (χ1) is 11.5. The van der Waals surface area contributed by atoms with Crippen molar-refractivity contribution in [2.45, 2.75) is 13.0 Å². The van der Waals surface area contributed by atoms with Gasteiger partial charge in [0.25, 0.3) is 5.91 Å². The topological polar surface area (TPSA) is 94.3 Å². The summed E-state index contributed by atoms with van der Waals surface area (Å²) in [5.41, 5.74) is 7.37. The van der Waals surface area contributed by atoms with Crippen molar-refractivity contribution < 1.29 is 14.3 Å². The van der Waals surface area contributed by atoms with Crippen molar-refractivity contribution in [1.29, 1.82) is 0 Å². The van der Waals surface area contributed by atoms with Crippen LogP contribution in [0.5, 0.6) is 0 Å². The number of esters is 1. The van der Waals surface area contributed by atoms with Crippen LogP contribution in [-0.2, 0) is 9.53 Å². The average molecular weight is 341 g/mol. The standard InChI is InChI=1S/C17H15N3O3S/c1-10(15(21)19-12-5-3-2-4-6-12)23-16(22)11-7-8-13-14(9-11)24-17(18)20-13/h2-10H,1H3,(H2,18,20)(H,19,21)/t10-/m1/s1. The minimum atomic E-state index is -0.917. The van der Waals surface area contributed by atoms with E-state index in [1.54, 1.807) is 30.3 Å². The molecule has 3 rings (SSSR count). The van der Waals surface area contributed by atoms with Crippen LogP contribution in [0.3, 0.4) is 0 Å². The maximum Gasteiger partial charge on any atom is 0.338 e. The molecule has 3 N–H and O–H groups in total. The Hall–Kier alpha value is -2.93. The lowest BCUT2D eigenvalue weighted by Gasteiger charge is -2.13. The van der Waals surface area contributed by atoms with E-state index in [-0.39, 0.29) is 0 Å². The quantitative estimate of drug-likeness (QED) is 0.711. The maximum atomic E-state index is 12.2. The van der Waals surface area contributed by atoms with Gasteiger partial charge in [0.05, 0.1) is 15.8 Å². The number of carbonyl (C=O) groups excluding carboxylic acids is 2. The molecule has 6 nitrogen and oxygen atoms in total. The van der Waals surface area contributed by atoms with E-state index in [9.17, 15) is 9.59 Å². The Bertz CT molecular complexity index is 892. The molecule has 0 unspecified atom stereocenters. The van der Waals surface area contributed by atoms with Gasteiger partial charge in [0.1, 0.15) is 0 Å². The minimum absolute atomic E-state index is 0.352. The summed E-state index contributed by atoms with van der Waals surface area (Å²) in [4.78, 5) is 28.4. The molecular formula is C17H15N3O3S. The van der Waals surface area contributed by atoms with E-state index in [1.807, 2.05) is 18.2 Å². The van der Waals surface area contributed by atoms with Gasteiger partial charge in [-0.05, 0) is 37.3 Å². The molecule has 0 bridgehead atoms. The second kappa shape index (κ2) is 6.67. The number of fused-ring (bicyclic) bond motifs is 1. The first-order valence-corrected chi connectivity index (χ1v) is 8.07. The molecule has 0 saturated heterocycles. The fraction of sp³-hybridized carbons (Fsp3) is 0.118. The zero-order valence-corrected chi connectivity index (χ0v) is 13.7. The normalized spacial score (nSPS) is 11.9. The number of nitrogens with two attached hydrogens (primary N) is 1. The largest absolute Gasteiger partial charge is 0.449 e. The van der Waals surface area contributed by atoms with Crippen molar-refractivity contribution in [2.24, 2.45) is 0 Å². The van der Waals surface area contributed by atoms with E-state index >= 15 is 0 Å². The zero-order valence-electron chi connectivity index (χ0n) is 12.9. The van der Waals surface area contributed by atoms with E-state index in [0.717, 1.165) is 10.2 Å². The lowest BCUT2D eigenvalue weighted by molar-refractivity contribution is -0.123. The Morgan fingerprint density at radius 1 is 1.21 bits per heavy atom. The van der Waals surface area contributed by atoms with Crippen LogP contribution in [0.15, 0.2) is 48.5 Å². The van der Waals surface area contributed by atoms with Gasteiger partial charge in [-0.3, -0.25) is 4.79 Å². The molecule has 1 amide bonds. The number of thiazole rings is 1. The van der Waals surface area contributed by atoms with Gasteiger partial charge in [0, 0.05) is 5.69 Å². The summed E-state index contributed by atoms with van der Waals surface area (Å²) < 4.78 is 6.02. The van der Waals surface area contributed by atoms with Gasteiger partial charge in [0.2, 0.25) is 0 Å². The first-order valence-electron chi connectivity index (χ1n) is 7.26. The number of benzene rings is 2. The van der Waals surface area contributed by atoms with Crippen molar-refractivity contribution >= 4 is 44.2 Å². The Labute approximate surface area is 142 Å². The summed E-state index contributed by atoms with van der Waals surface area (Å²) in [7, 11) is 0. The number of nitrogens with zero attached hydrogens (tertiary/aromatic N) is 1. The van der Waals surface area contributed by atoms with Crippen LogP contribution in [0, 0.1) is 0 Å². The van der Waals surface area contributed by atoms with Crippen molar-refractivity contribution in [3.8, 4) is 0 Å². The molecule has 0 aliphatic rings. The fourth-order valence-corrected chi connectivity index (χ4v) is 2.89. The lowest BCUT2D eigenvalue weighted by atomic mass is 10.2. The fourth-order valence-electron chi connectivity index (χ4n) is 2.12. The van der Waals surface area contributed by atoms with Crippen molar-refractivity contribution in [3.63, 3.8) is 0 Å². The molecule has 3 aromatic rings. The third-order valence-electron chi connectivity index (χ3n) is 3.34. The van der Waals surface area contributed by atoms with Crippen LogP contribution in [0.1, 0.15) is 17.3 Å². The third kappa shape index (κ3) is 3.52. The second-order valence-electron chi connectivity index (χ2n) is 5.14. The highest BCUT2D eigenvalue weighted by Crippen LogP contribution is 2.25. The highest BCUT2D eigenvalue weighted by atomic mass is 32.1. The van der Waals surface area contributed by atoms with Crippen LogP contribution >= 0.6 is 11.3 Å². The highest BCUT2D eigenvalue weighted by Gasteiger charge is 2.19. The summed E-state index contributed by atoms with van der Waals surface area (Å²) in [6.07, 6.45) is -0.917. The monoisotopic (exact) mass is 341 g/mol. The Morgan fingerprint density at radius 2 is 1.96 bits per heavy atom. The van der Waals surface area contributed by atoms with Gasteiger partial charge in [-0.25, -0.2) is 9.78 Å². The van der Waals surface area contributed by atoms with Crippen LogP contribution < -0.4 is 11.1 Å². The zero-order chi connectivity index (χ0) is 17.1. The van der Waals surface area contributed by atoms with E-state index in [2.05, 4.69) is 10.3 Å². The Morgan fingerprint density at radius 3 is 2.71 bits per heavy atom. The molecule has 0 radical (unpaired) electrons. The predicted molar refractivity (Wildman–Crippen MR) is 94.0 cm³/mol. The molecule has 2 aromatic carbocycles. The third-order valence-corrected chi connectivity index (χ3v) is 4.18. The first kappa shape index (κ1) is 15.9. The Balaban J connectivity index is 1.67. The summed E-state index contributed by atoms with van der Waals surface area (Å²) in [6.45, 7) is 1.53. The van der Waals surface area contributed by atoms with Gasteiger partial charge in [-0.2, -0.15) is 0 Å². The predicted octanol–water partition coefficient (Wildman–Crippen LogP) is 3.06. The Kier molecular flexibility index (Phi) is 4.43. The van der Waals surface area contributed by atoms with E-state index in [1.165, 1.54) is 18.3 Å². The SMILES string of the molecule is C[C@@H](OC(=O)c1ccc2nc(N)sc2c1)C(=O)Nc1ccccc1. The molecule has 1 aromatic heterocycles. The van der Waals surface area contributed by atoms with Crippen LogP contribution in [0.4, 0.5) is 10.8 Å². The van der Waals surface area contributed by atoms with Gasteiger partial charge in [-0.15, -0.1) is 0 Å². The number of carbonyl (C=O) groups is 2. The number of ether oxygens (including phenoxy) is 1. The highest BCUT2D eigenvalue weighted by molar-refractivity contribution is 7.22. The van der Waals surface area contributed by atoms with Crippen molar-refractivity contribution in [1.82, 2.24) is 4.98 Å². The molecule has 0 fully saturated rings. The van der Waals surface area contributed by atoms with Crippen molar-refractivity contribution in [3.05, 3.63) is 54.1 Å². The number of nitrogen functional groups attached to an aromatic ring is 1. The molecular weight excluding hydrogens is 326 g/mol. The molecule has 1 heterocycles. The van der Waals surface area contributed by atoms with E-state index < -0.39 is 18.0 Å². The number of nitrogens with one attached hydrogen (secondary N) is 1. The maximum absolute atomic E-state index is 12.2. The molecule has 0 saturated carbocycles. The number of anilines is 2. The van der Waals surface area contributed by atoms with Gasteiger partial charge < -0.3 is 15.8 Å². The number of aromatic nitrogens is 1. The van der Waals surface area contributed by atoms with E-state index in [0.29, 0.717) is 16.4 Å². The number of hydrogen-bond donors (Lipinski definition) is 2. The summed E-state index contributed by atoms with van der Waals surface area (Å²) in [6, 6.07) is 13.9. The smallest absolute Gasteiger partial charge is 0.338 e. The molecule has 0 aliphatic carbocycles. The second-order valence-corrected chi connectivity index (χ2v) is 6.20. The van der Waals surface area contributed by atoms with Gasteiger partial charge in [-0.1, -0.05) is 29.5 Å². The number of amides is 1. The summed E-state index contributed by atoms with van der Waals surface area (Å²) in [5, 5.41) is 3.13. The number of rotatable bonds is 4. The average Bonchev–Trinajstić information content (AvgIpc) is 2.94. The molecule has 0 spiro atoms. The summed E-state index contributed by atoms with van der Waals surface area (Å²) >= 11 is 1.29. The van der Waals surface area contributed by atoms with Crippen molar-refractivity contribution in [2.75, 3.05) is 11.1 Å². The number of hydrogen-bond acceptors (Lipinski definition) is 6. The molecule has 0 aliphatic heterocycles. The minimum Gasteiger partial charge on any atom is -0.449 e. The van der Waals surface area contributed by atoms with Gasteiger partial charge in [0.15, 0.2) is 11.2 Å². The van der Waals surface area contributed by atoms with Crippen LogP contribution in [0.2, 0.25) is 0 Å². The van der Waals surface area contributed by atoms with Crippen LogP contribution in [-0.4, -0.2) is 23.0 Å². The van der Waals surface area contributed by atoms with Gasteiger partial charge >= 0.3 is 5.97 Å². The lowest BCUT2D eigenvalue weighted by Crippen LogP contribution is -2.29. The molecule has 7 heteroatoms.